The standard InChI is InChI=1S/C18H30ClN3OS/c1-18(2,3)16-13(6-5-11-23-16)12-22-17(20-4)21-10-9-14-7-8-15(19)24-14/h7-8,13,16H,5-6,9-12H2,1-4H3,(H2,20,21,22). The molecule has 1 aliphatic heterocycles. The summed E-state index contributed by atoms with van der Waals surface area (Å²) in [6, 6.07) is 4.03. The van der Waals surface area contributed by atoms with Crippen molar-refractivity contribution in [3.05, 3.63) is 21.3 Å². The molecule has 2 N–H and O–H groups in total. The van der Waals surface area contributed by atoms with Crippen molar-refractivity contribution in [2.45, 2.75) is 46.1 Å². The van der Waals surface area contributed by atoms with Crippen LogP contribution in [0.3, 0.4) is 0 Å². The van der Waals surface area contributed by atoms with Gasteiger partial charge in [-0.05, 0) is 36.8 Å². The lowest BCUT2D eigenvalue weighted by Gasteiger charge is -2.40. The maximum absolute atomic E-state index is 6.05. The lowest BCUT2D eigenvalue weighted by molar-refractivity contribution is -0.0835. The number of ether oxygens (including phenoxy) is 1. The number of rotatable bonds is 5. The Hall–Kier alpha value is -0.780. The first-order chi connectivity index (χ1) is 11.4. The van der Waals surface area contributed by atoms with Crippen LogP contribution in [0.5, 0.6) is 0 Å². The van der Waals surface area contributed by atoms with Crippen LogP contribution >= 0.6 is 22.9 Å². The maximum Gasteiger partial charge on any atom is 0.190 e. The van der Waals surface area contributed by atoms with Gasteiger partial charge in [-0.25, -0.2) is 0 Å². The van der Waals surface area contributed by atoms with E-state index in [0.29, 0.717) is 12.0 Å². The number of nitrogens with zero attached hydrogens (tertiary/aromatic N) is 1. The Kier molecular flexibility index (Phi) is 7.38. The normalized spacial score (nSPS) is 22.5. The molecule has 2 rings (SSSR count). The molecule has 136 valence electrons. The number of aliphatic imine (C=N–C) groups is 1. The van der Waals surface area contributed by atoms with Gasteiger partial charge in [-0.3, -0.25) is 4.99 Å². The minimum atomic E-state index is 0.169. The SMILES string of the molecule is CN=C(NCCc1ccc(Cl)s1)NCC1CCCOC1C(C)(C)C. The molecule has 0 bridgehead atoms. The number of nitrogens with one attached hydrogen (secondary N) is 2. The van der Waals surface area contributed by atoms with Crippen LogP contribution in [0.2, 0.25) is 4.34 Å². The zero-order chi connectivity index (χ0) is 17.6. The highest BCUT2D eigenvalue weighted by atomic mass is 35.5. The van der Waals surface area contributed by atoms with E-state index in [2.05, 4.69) is 42.5 Å². The molecule has 4 nitrogen and oxygen atoms in total. The number of halogens is 1. The lowest BCUT2D eigenvalue weighted by atomic mass is 9.78. The third-order valence-electron chi connectivity index (χ3n) is 4.35. The summed E-state index contributed by atoms with van der Waals surface area (Å²) in [7, 11) is 1.82. The summed E-state index contributed by atoms with van der Waals surface area (Å²) in [6.07, 6.45) is 3.60. The fourth-order valence-corrected chi connectivity index (χ4v) is 4.34. The van der Waals surface area contributed by atoms with Gasteiger partial charge in [0.1, 0.15) is 0 Å². The minimum Gasteiger partial charge on any atom is -0.377 e. The van der Waals surface area contributed by atoms with Crippen molar-refractivity contribution in [2.24, 2.45) is 16.3 Å². The monoisotopic (exact) mass is 371 g/mol. The molecule has 1 saturated heterocycles. The fraction of sp³-hybridized carbons (Fsp3) is 0.722. The molecule has 1 aromatic rings. The van der Waals surface area contributed by atoms with Gasteiger partial charge in [0, 0.05) is 37.5 Å². The molecule has 0 saturated carbocycles. The molecule has 2 atom stereocenters. The summed E-state index contributed by atoms with van der Waals surface area (Å²) >= 11 is 7.60. The Morgan fingerprint density at radius 3 is 2.79 bits per heavy atom. The van der Waals surface area contributed by atoms with Crippen molar-refractivity contribution in [1.29, 1.82) is 0 Å². The predicted molar refractivity (Wildman–Crippen MR) is 104 cm³/mol. The van der Waals surface area contributed by atoms with E-state index in [4.69, 9.17) is 16.3 Å². The van der Waals surface area contributed by atoms with E-state index in [1.165, 1.54) is 11.3 Å². The van der Waals surface area contributed by atoms with E-state index in [0.717, 1.165) is 42.8 Å². The molecule has 24 heavy (non-hydrogen) atoms. The average Bonchev–Trinajstić information content (AvgIpc) is 2.95. The van der Waals surface area contributed by atoms with Crippen molar-refractivity contribution >= 4 is 28.9 Å². The zero-order valence-electron chi connectivity index (χ0n) is 15.2. The van der Waals surface area contributed by atoms with Crippen molar-refractivity contribution in [1.82, 2.24) is 10.6 Å². The summed E-state index contributed by atoms with van der Waals surface area (Å²) in [5.74, 6) is 1.38. The molecule has 1 aromatic heterocycles. The van der Waals surface area contributed by atoms with E-state index in [9.17, 15) is 0 Å². The van der Waals surface area contributed by atoms with Gasteiger partial charge < -0.3 is 15.4 Å². The van der Waals surface area contributed by atoms with E-state index in [1.807, 2.05) is 13.1 Å². The second kappa shape index (κ2) is 9.07. The molecule has 2 heterocycles. The summed E-state index contributed by atoms with van der Waals surface area (Å²) in [5.41, 5.74) is 0.169. The van der Waals surface area contributed by atoms with Gasteiger partial charge in [-0.15, -0.1) is 11.3 Å². The van der Waals surface area contributed by atoms with Gasteiger partial charge in [0.2, 0.25) is 0 Å². The summed E-state index contributed by atoms with van der Waals surface area (Å²) in [6.45, 7) is 9.40. The van der Waals surface area contributed by atoms with Crippen LogP contribution in [-0.4, -0.2) is 38.8 Å². The van der Waals surface area contributed by atoms with Crippen LogP contribution in [0, 0.1) is 11.3 Å². The molecule has 6 heteroatoms. The third kappa shape index (κ3) is 5.94. The Morgan fingerprint density at radius 1 is 1.38 bits per heavy atom. The number of hydrogen-bond donors (Lipinski definition) is 2. The second-order valence-electron chi connectivity index (χ2n) is 7.40. The van der Waals surface area contributed by atoms with Crippen LogP contribution in [0.1, 0.15) is 38.5 Å². The Bertz CT molecular complexity index is 539. The molecule has 0 spiro atoms. The highest BCUT2D eigenvalue weighted by Crippen LogP contribution is 2.33. The molecular weight excluding hydrogens is 342 g/mol. The average molecular weight is 372 g/mol. The lowest BCUT2D eigenvalue weighted by Crippen LogP contribution is -2.47. The topological polar surface area (TPSA) is 45.7 Å². The molecular formula is C18H30ClN3OS. The Labute approximate surface area is 155 Å². The second-order valence-corrected chi connectivity index (χ2v) is 9.20. The maximum atomic E-state index is 6.05. The first-order valence-electron chi connectivity index (χ1n) is 8.70. The van der Waals surface area contributed by atoms with Crippen LogP contribution < -0.4 is 10.6 Å². The molecule has 1 fully saturated rings. The third-order valence-corrected chi connectivity index (χ3v) is 5.64. The van der Waals surface area contributed by atoms with Crippen molar-refractivity contribution in [2.75, 3.05) is 26.7 Å². The quantitative estimate of drug-likeness (QED) is 0.608. The molecule has 0 aliphatic carbocycles. The van der Waals surface area contributed by atoms with Gasteiger partial charge in [0.15, 0.2) is 5.96 Å². The van der Waals surface area contributed by atoms with Gasteiger partial charge in [0.05, 0.1) is 10.4 Å². The molecule has 0 aromatic carbocycles. The van der Waals surface area contributed by atoms with Gasteiger partial charge in [-0.1, -0.05) is 32.4 Å². The summed E-state index contributed by atoms with van der Waals surface area (Å²) in [4.78, 5) is 5.62. The zero-order valence-corrected chi connectivity index (χ0v) is 16.8. The molecule has 2 unspecified atom stereocenters. The number of guanidine groups is 1. The van der Waals surface area contributed by atoms with E-state index >= 15 is 0 Å². The molecule has 0 radical (unpaired) electrons. The Morgan fingerprint density at radius 2 is 2.17 bits per heavy atom. The number of thiophene rings is 1. The fourth-order valence-electron chi connectivity index (χ4n) is 3.25. The van der Waals surface area contributed by atoms with Crippen molar-refractivity contribution in [3.8, 4) is 0 Å². The highest BCUT2D eigenvalue weighted by Gasteiger charge is 2.35. The largest absolute Gasteiger partial charge is 0.377 e. The van der Waals surface area contributed by atoms with Gasteiger partial charge >= 0.3 is 0 Å². The van der Waals surface area contributed by atoms with Crippen LogP contribution in [0.4, 0.5) is 0 Å². The highest BCUT2D eigenvalue weighted by molar-refractivity contribution is 7.16. The van der Waals surface area contributed by atoms with Crippen molar-refractivity contribution < 1.29 is 4.74 Å². The van der Waals surface area contributed by atoms with Crippen LogP contribution in [-0.2, 0) is 11.2 Å². The van der Waals surface area contributed by atoms with Crippen LogP contribution in [0.15, 0.2) is 17.1 Å². The summed E-state index contributed by atoms with van der Waals surface area (Å²) in [5, 5.41) is 6.85. The van der Waals surface area contributed by atoms with Gasteiger partial charge in [-0.2, -0.15) is 0 Å². The van der Waals surface area contributed by atoms with Crippen LogP contribution in [0.25, 0.3) is 0 Å². The Balaban J connectivity index is 1.77. The van der Waals surface area contributed by atoms with Crippen molar-refractivity contribution in [3.63, 3.8) is 0 Å². The minimum absolute atomic E-state index is 0.169. The van der Waals surface area contributed by atoms with Gasteiger partial charge in [0.25, 0.3) is 0 Å². The smallest absolute Gasteiger partial charge is 0.190 e. The molecule has 0 amide bonds. The summed E-state index contributed by atoms with van der Waals surface area (Å²) < 4.78 is 6.90. The first kappa shape index (κ1) is 19.5. The molecule has 1 aliphatic rings. The number of hydrogen-bond acceptors (Lipinski definition) is 3. The predicted octanol–water partition coefficient (Wildman–Crippen LogP) is 3.95. The van der Waals surface area contributed by atoms with E-state index in [-0.39, 0.29) is 5.41 Å². The van der Waals surface area contributed by atoms with E-state index < -0.39 is 0 Å². The van der Waals surface area contributed by atoms with E-state index in [1.54, 1.807) is 11.3 Å². The first-order valence-corrected chi connectivity index (χ1v) is 9.90.